The molecule has 1 rings (SSSR count). The van der Waals surface area contributed by atoms with Crippen LogP contribution in [0.15, 0.2) is 0 Å². The lowest BCUT2D eigenvalue weighted by Crippen LogP contribution is -2.20. The summed E-state index contributed by atoms with van der Waals surface area (Å²) in [7, 11) is 0. The van der Waals surface area contributed by atoms with Gasteiger partial charge in [0.05, 0.1) is 0 Å². The van der Waals surface area contributed by atoms with Gasteiger partial charge in [-0.2, -0.15) is 0 Å². The van der Waals surface area contributed by atoms with Crippen molar-refractivity contribution in [2.45, 2.75) is 25.3 Å². The summed E-state index contributed by atoms with van der Waals surface area (Å²) in [6.45, 7) is 0. The highest BCUT2D eigenvalue weighted by atomic mass is 35.5. The smallest absolute Gasteiger partial charge is 0.0241 e. The Labute approximate surface area is 62.4 Å². The first-order chi connectivity index (χ1) is 3.84. The van der Waals surface area contributed by atoms with E-state index in [0.717, 1.165) is 12.3 Å². The van der Waals surface area contributed by atoms with Crippen molar-refractivity contribution in [1.82, 2.24) is 0 Å². The Morgan fingerprint density at radius 2 is 2.22 bits per heavy atom. The quantitative estimate of drug-likeness (QED) is 0.580. The second-order valence-corrected chi connectivity index (χ2v) is 2.41. The predicted octanol–water partition coefficient (Wildman–Crippen LogP) is 1.17. The monoisotopic (exact) mass is 145 g/mol. The van der Waals surface area contributed by atoms with E-state index >= 15 is 0 Å². The molecule has 0 aliphatic heterocycles. The summed E-state index contributed by atoms with van der Waals surface area (Å²) >= 11 is 0. The van der Waals surface area contributed by atoms with Gasteiger partial charge in [0.2, 0.25) is 0 Å². The number of nitrogens with two attached hydrogens (primary N) is 1. The van der Waals surface area contributed by atoms with Crippen LogP contribution in [-0.2, 0) is 0 Å². The Hall–Kier alpha value is -0.190. The van der Waals surface area contributed by atoms with Gasteiger partial charge in [0.1, 0.15) is 0 Å². The van der Waals surface area contributed by atoms with Crippen molar-refractivity contribution in [1.29, 1.82) is 0 Å². The van der Waals surface area contributed by atoms with Crippen molar-refractivity contribution in [3.8, 4) is 12.3 Å². The van der Waals surface area contributed by atoms with Crippen molar-refractivity contribution >= 4 is 12.4 Å². The summed E-state index contributed by atoms with van der Waals surface area (Å²) < 4.78 is 0. The lowest BCUT2D eigenvalue weighted by Gasteiger charge is -2.02. The summed E-state index contributed by atoms with van der Waals surface area (Å²) in [5.41, 5.74) is 5.65. The Bertz CT molecular complexity index is 113. The topological polar surface area (TPSA) is 26.0 Å². The zero-order valence-corrected chi connectivity index (χ0v) is 6.16. The highest BCUT2D eigenvalue weighted by Gasteiger charge is 2.27. The summed E-state index contributed by atoms with van der Waals surface area (Å²) in [6.07, 6.45) is 8.41. The van der Waals surface area contributed by atoms with Gasteiger partial charge < -0.3 is 5.73 Å². The summed E-state index contributed by atoms with van der Waals surface area (Å²) in [5, 5.41) is 0. The number of hydrogen-bond acceptors (Lipinski definition) is 1. The number of terminal acetylenes is 1. The van der Waals surface area contributed by atoms with Crippen molar-refractivity contribution in [2.75, 3.05) is 0 Å². The molecule has 0 aromatic heterocycles. The van der Waals surface area contributed by atoms with Crippen LogP contribution in [0.5, 0.6) is 0 Å². The van der Waals surface area contributed by atoms with Crippen LogP contribution in [0, 0.1) is 18.3 Å². The third kappa shape index (κ3) is 2.74. The number of halogens is 1. The van der Waals surface area contributed by atoms with E-state index in [1.807, 2.05) is 0 Å². The first-order valence-electron chi connectivity index (χ1n) is 3.03. The van der Waals surface area contributed by atoms with Crippen molar-refractivity contribution in [3.05, 3.63) is 0 Å². The van der Waals surface area contributed by atoms with Gasteiger partial charge in [0.25, 0.3) is 0 Å². The Morgan fingerprint density at radius 3 is 2.56 bits per heavy atom. The molecule has 2 heteroatoms. The zero-order chi connectivity index (χ0) is 5.98. The molecule has 0 radical (unpaired) electrons. The Morgan fingerprint density at radius 1 is 1.67 bits per heavy atom. The van der Waals surface area contributed by atoms with Crippen LogP contribution in [0.25, 0.3) is 0 Å². The minimum atomic E-state index is 0. The highest BCUT2D eigenvalue weighted by Crippen LogP contribution is 2.32. The standard InChI is InChI=1S/C7H11N.ClH/c1-2-3-7(8)6-4-5-6;/h1,6-7H,3-5,8H2;1H. The molecule has 1 aliphatic carbocycles. The molecule has 1 atom stereocenters. The fourth-order valence-corrected chi connectivity index (χ4v) is 0.827. The Balaban J connectivity index is 0.000000640. The first-order valence-corrected chi connectivity index (χ1v) is 3.03. The van der Waals surface area contributed by atoms with Gasteiger partial charge in [-0.25, -0.2) is 0 Å². The maximum atomic E-state index is 5.65. The normalized spacial score (nSPS) is 19.6. The SMILES string of the molecule is C#CCC(N)C1CC1.Cl. The van der Waals surface area contributed by atoms with Gasteiger partial charge in [-0.05, 0) is 18.8 Å². The molecule has 52 valence electrons. The predicted molar refractivity (Wildman–Crippen MR) is 41.4 cm³/mol. The highest BCUT2D eigenvalue weighted by molar-refractivity contribution is 5.85. The van der Waals surface area contributed by atoms with Crippen LogP contribution in [0.2, 0.25) is 0 Å². The average molecular weight is 146 g/mol. The van der Waals surface area contributed by atoms with Crippen LogP contribution >= 0.6 is 12.4 Å². The fraction of sp³-hybridized carbons (Fsp3) is 0.714. The van der Waals surface area contributed by atoms with Crippen molar-refractivity contribution in [2.24, 2.45) is 11.7 Å². The van der Waals surface area contributed by atoms with Crippen LogP contribution < -0.4 is 5.73 Å². The van der Waals surface area contributed by atoms with Gasteiger partial charge >= 0.3 is 0 Å². The molecule has 1 aliphatic rings. The zero-order valence-electron chi connectivity index (χ0n) is 5.34. The van der Waals surface area contributed by atoms with E-state index in [1.54, 1.807) is 0 Å². The van der Waals surface area contributed by atoms with Gasteiger partial charge in [-0.15, -0.1) is 24.8 Å². The molecular formula is C7H12ClN. The van der Waals surface area contributed by atoms with Crippen molar-refractivity contribution in [3.63, 3.8) is 0 Å². The summed E-state index contributed by atoms with van der Waals surface area (Å²) in [5.74, 6) is 3.32. The van der Waals surface area contributed by atoms with Gasteiger partial charge in [-0.1, -0.05) is 0 Å². The van der Waals surface area contributed by atoms with Gasteiger partial charge in [0, 0.05) is 12.5 Å². The van der Waals surface area contributed by atoms with Crippen LogP contribution in [0.1, 0.15) is 19.3 Å². The first kappa shape index (κ1) is 8.81. The molecule has 0 heterocycles. The van der Waals surface area contributed by atoms with Crippen LogP contribution in [0.3, 0.4) is 0 Å². The third-order valence-electron chi connectivity index (χ3n) is 1.58. The molecule has 1 fully saturated rings. The van der Waals surface area contributed by atoms with E-state index in [9.17, 15) is 0 Å². The summed E-state index contributed by atoms with van der Waals surface area (Å²) in [4.78, 5) is 0. The molecule has 0 bridgehead atoms. The molecule has 9 heavy (non-hydrogen) atoms. The molecule has 1 unspecified atom stereocenters. The Kier molecular flexibility index (Phi) is 3.68. The molecular weight excluding hydrogens is 134 g/mol. The molecule has 0 saturated heterocycles. The number of rotatable bonds is 2. The molecule has 0 aromatic rings. The van der Waals surface area contributed by atoms with E-state index in [0.29, 0.717) is 6.04 Å². The lowest BCUT2D eigenvalue weighted by molar-refractivity contribution is 0.610. The summed E-state index contributed by atoms with van der Waals surface area (Å²) in [6, 6.07) is 0.292. The molecule has 2 N–H and O–H groups in total. The average Bonchev–Trinajstić information content (AvgIpc) is 2.45. The second-order valence-electron chi connectivity index (χ2n) is 2.41. The maximum absolute atomic E-state index is 5.65. The van der Waals surface area contributed by atoms with E-state index in [1.165, 1.54) is 12.8 Å². The van der Waals surface area contributed by atoms with E-state index in [2.05, 4.69) is 5.92 Å². The third-order valence-corrected chi connectivity index (χ3v) is 1.58. The molecule has 0 amide bonds. The minimum absolute atomic E-state index is 0. The van der Waals surface area contributed by atoms with E-state index in [4.69, 9.17) is 12.2 Å². The lowest BCUT2D eigenvalue weighted by atomic mass is 10.1. The van der Waals surface area contributed by atoms with Gasteiger partial charge in [0.15, 0.2) is 0 Å². The van der Waals surface area contributed by atoms with Gasteiger partial charge in [-0.3, -0.25) is 0 Å². The maximum Gasteiger partial charge on any atom is 0.0241 e. The molecule has 0 aromatic carbocycles. The van der Waals surface area contributed by atoms with Crippen LogP contribution in [-0.4, -0.2) is 6.04 Å². The number of hydrogen-bond donors (Lipinski definition) is 1. The van der Waals surface area contributed by atoms with E-state index in [-0.39, 0.29) is 12.4 Å². The van der Waals surface area contributed by atoms with Crippen LogP contribution in [0.4, 0.5) is 0 Å². The largest absolute Gasteiger partial charge is 0.327 e. The molecule has 0 spiro atoms. The fourth-order valence-electron chi connectivity index (χ4n) is 0.827. The van der Waals surface area contributed by atoms with E-state index < -0.39 is 0 Å². The molecule has 1 saturated carbocycles. The van der Waals surface area contributed by atoms with Crippen molar-refractivity contribution < 1.29 is 0 Å². The second kappa shape index (κ2) is 3.76. The minimum Gasteiger partial charge on any atom is -0.327 e. The molecule has 1 nitrogen and oxygen atoms in total.